The van der Waals surface area contributed by atoms with E-state index in [4.69, 9.17) is 0 Å². The highest BCUT2D eigenvalue weighted by Crippen LogP contribution is 2.23. The van der Waals surface area contributed by atoms with Crippen molar-refractivity contribution in [3.8, 4) is 0 Å². The molecule has 23 heavy (non-hydrogen) atoms. The van der Waals surface area contributed by atoms with E-state index < -0.39 is 0 Å². The molecule has 1 atom stereocenters. The van der Waals surface area contributed by atoms with Crippen molar-refractivity contribution in [2.75, 3.05) is 31.6 Å². The van der Waals surface area contributed by atoms with Crippen LogP contribution >= 0.6 is 0 Å². The summed E-state index contributed by atoms with van der Waals surface area (Å²) >= 11 is 0. The van der Waals surface area contributed by atoms with E-state index >= 15 is 0 Å². The van der Waals surface area contributed by atoms with Crippen molar-refractivity contribution in [3.05, 3.63) is 29.8 Å². The van der Waals surface area contributed by atoms with Crippen LogP contribution in [0.2, 0.25) is 6.32 Å². The molecule has 1 amide bonds. The van der Waals surface area contributed by atoms with Crippen LogP contribution in [0.25, 0.3) is 0 Å². The lowest BCUT2D eigenvalue weighted by Crippen LogP contribution is -2.35. The first kappa shape index (κ1) is 17.7. The van der Waals surface area contributed by atoms with Crippen molar-refractivity contribution < 1.29 is 14.6 Å². The molecular weight excluding hydrogens is 291 g/mol. The predicted octanol–water partition coefficient (Wildman–Crippen LogP) is 1.92. The summed E-state index contributed by atoms with van der Waals surface area (Å²) in [6.07, 6.45) is 2.14. The second-order valence-corrected chi connectivity index (χ2v) is 6.27. The van der Waals surface area contributed by atoms with Gasteiger partial charge >= 0.3 is 6.09 Å². The van der Waals surface area contributed by atoms with Gasteiger partial charge in [-0.05, 0) is 30.8 Å². The Bertz CT molecular complexity index is 487. The molecule has 0 saturated carbocycles. The van der Waals surface area contributed by atoms with Gasteiger partial charge in [0.2, 0.25) is 0 Å². The van der Waals surface area contributed by atoms with Crippen LogP contribution in [0, 0.1) is 0 Å². The van der Waals surface area contributed by atoms with Crippen molar-refractivity contribution >= 4 is 19.1 Å². The zero-order valence-electron chi connectivity index (χ0n) is 14.1. The van der Waals surface area contributed by atoms with Gasteiger partial charge in [0.1, 0.15) is 7.28 Å². The Balaban J connectivity index is 1.78. The van der Waals surface area contributed by atoms with E-state index in [0.717, 1.165) is 39.5 Å². The maximum absolute atomic E-state index is 11.0. The third-order valence-corrected chi connectivity index (χ3v) is 4.56. The van der Waals surface area contributed by atoms with E-state index in [-0.39, 0.29) is 12.2 Å². The number of nitrogens with one attached hydrogen (secondary N) is 1. The summed E-state index contributed by atoms with van der Waals surface area (Å²) in [5.41, 5.74) is 2.56. The van der Waals surface area contributed by atoms with Crippen molar-refractivity contribution in [1.82, 2.24) is 5.32 Å². The number of hydrogen-bond donors (Lipinski definition) is 2. The summed E-state index contributed by atoms with van der Waals surface area (Å²) in [6.45, 7) is 4.71. The van der Waals surface area contributed by atoms with Gasteiger partial charge < -0.3 is 20.1 Å². The Morgan fingerprint density at radius 3 is 2.65 bits per heavy atom. The van der Waals surface area contributed by atoms with Crippen molar-refractivity contribution in [3.63, 3.8) is 0 Å². The number of methoxy groups -OCH3 is 1. The van der Waals surface area contributed by atoms with Crippen LogP contribution in [0.3, 0.4) is 0 Å². The highest BCUT2D eigenvalue weighted by atomic mass is 16.5. The Morgan fingerprint density at radius 2 is 2.04 bits per heavy atom. The second-order valence-electron chi connectivity index (χ2n) is 6.27. The molecule has 2 rings (SSSR count). The van der Waals surface area contributed by atoms with E-state index in [0.29, 0.717) is 12.4 Å². The van der Waals surface area contributed by atoms with Crippen LogP contribution < -0.4 is 10.2 Å². The van der Waals surface area contributed by atoms with E-state index in [9.17, 15) is 9.90 Å². The number of hydrogen-bond acceptors (Lipinski definition) is 4. The topological polar surface area (TPSA) is 61.8 Å². The first-order valence-electron chi connectivity index (χ1n) is 8.45. The molecule has 5 nitrogen and oxygen atoms in total. The monoisotopic (exact) mass is 318 g/mol. The van der Waals surface area contributed by atoms with Crippen molar-refractivity contribution in [2.24, 2.45) is 0 Å². The molecule has 0 spiro atoms. The smallest absolute Gasteiger partial charge is 0.406 e. The highest BCUT2D eigenvalue weighted by Gasteiger charge is 2.17. The number of carbonyl (C=O) groups is 1. The molecule has 0 aliphatic carbocycles. The summed E-state index contributed by atoms with van der Waals surface area (Å²) in [5, 5.41) is 12.3. The van der Waals surface area contributed by atoms with Crippen LogP contribution in [0.1, 0.15) is 31.1 Å². The van der Waals surface area contributed by atoms with E-state index in [1.54, 1.807) is 0 Å². The van der Waals surface area contributed by atoms with Crippen LogP contribution in [0.15, 0.2) is 24.3 Å². The number of alkyl carbamates (subject to hydrolysis) is 1. The van der Waals surface area contributed by atoms with Gasteiger partial charge in [-0.25, -0.2) is 4.79 Å². The first-order chi connectivity index (χ1) is 11.1. The molecule has 1 fully saturated rings. The van der Waals surface area contributed by atoms with Crippen molar-refractivity contribution in [2.45, 2.75) is 38.0 Å². The Kier molecular flexibility index (Phi) is 6.77. The molecule has 126 valence electrons. The minimum absolute atomic E-state index is 0.135. The summed E-state index contributed by atoms with van der Waals surface area (Å²) in [4.78, 5) is 13.3. The number of nitrogens with zero attached hydrogens (tertiary/aromatic N) is 1. The Labute approximate surface area is 139 Å². The molecule has 1 unspecified atom stereocenters. The second kappa shape index (κ2) is 8.82. The van der Waals surface area contributed by atoms with E-state index in [1.165, 1.54) is 18.4 Å². The third kappa shape index (κ3) is 5.46. The lowest BCUT2D eigenvalue weighted by Gasteiger charge is -2.31. The number of aliphatic hydroxyl groups excluding tert-OH is 1. The van der Waals surface area contributed by atoms with Gasteiger partial charge in [-0.1, -0.05) is 30.9 Å². The Hall–Kier alpha value is -1.69. The van der Waals surface area contributed by atoms with E-state index in [2.05, 4.69) is 46.1 Å². The van der Waals surface area contributed by atoms with Gasteiger partial charge in [-0.3, -0.25) is 0 Å². The molecule has 1 saturated heterocycles. The normalized spacial score (nSPS) is 16.7. The number of piperidine rings is 1. The SMILES string of the molecule is COC(=O)NCCBC(C)c1ccc(N2CCC(O)CC2)cc1. The molecular formula is C17H27BN2O3. The van der Waals surface area contributed by atoms with Gasteiger partial charge in [0.05, 0.1) is 13.2 Å². The zero-order valence-corrected chi connectivity index (χ0v) is 14.1. The molecule has 1 aliphatic heterocycles. The number of rotatable bonds is 6. The van der Waals surface area contributed by atoms with Gasteiger partial charge in [-0.15, -0.1) is 0 Å². The maximum atomic E-state index is 11.0. The average Bonchev–Trinajstić information content (AvgIpc) is 2.59. The van der Waals surface area contributed by atoms with Crippen molar-refractivity contribution in [1.29, 1.82) is 0 Å². The first-order valence-corrected chi connectivity index (χ1v) is 8.45. The zero-order chi connectivity index (χ0) is 16.7. The van der Waals surface area contributed by atoms with Crippen LogP contribution in [-0.4, -0.2) is 51.3 Å². The standard InChI is InChI=1S/C17H27BN2O3/c1-13(18-9-10-19-17(22)23-2)14-3-5-15(6-4-14)20-11-7-16(21)8-12-20/h3-6,13,16,18,21H,7-12H2,1-2H3,(H,19,22). The minimum Gasteiger partial charge on any atom is -0.453 e. The lowest BCUT2D eigenvalue weighted by molar-refractivity contribution is 0.145. The molecule has 1 aromatic carbocycles. The predicted molar refractivity (Wildman–Crippen MR) is 94.7 cm³/mol. The summed E-state index contributed by atoms with van der Waals surface area (Å²) in [5.74, 6) is 0.465. The van der Waals surface area contributed by atoms with Crippen LogP contribution in [0.5, 0.6) is 0 Å². The van der Waals surface area contributed by atoms with Crippen LogP contribution in [0.4, 0.5) is 10.5 Å². The fourth-order valence-electron chi connectivity index (χ4n) is 2.98. The molecule has 0 bridgehead atoms. The van der Waals surface area contributed by atoms with E-state index in [1.807, 2.05) is 0 Å². The highest BCUT2D eigenvalue weighted by molar-refractivity contribution is 6.37. The molecule has 0 radical (unpaired) electrons. The molecule has 0 aromatic heterocycles. The van der Waals surface area contributed by atoms with Gasteiger partial charge in [-0.2, -0.15) is 0 Å². The number of amides is 1. The number of anilines is 1. The number of aliphatic hydroxyl groups is 1. The molecule has 2 N–H and O–H groups in total. The largest absolute Gasteiger partial charge is 0.453 e. The third-order valence-electron chi connectivity index (χ3n) is 4.56. The average molecular weight is 318 g/mol. The Morgan fingerprint density at radius 1 is 1.39 bits per heavy atom. The molecule has 1 heterocycles. The van der Waals surface area contributed by atoms with Gasteiger partial charge in [0.25, 0.3) is 0 Å². The lowest BCUT2D eigenvalue weighted by atomic mass is 9.60. The summed E-state index contributed by atoms with van der Waals surface area (Å²) in [6, 6.07) is 8.74. The fraction of sp³-hybridized carbons (Fsp3) is 0.588. The molecule has 1 aromatic rings. The molecule has 1 aliphatic rings. The number of ether oxygens (including phenoxy) is 1. The molecule has 6 heteroatoms. The van der Waals surface area contributed by atoms with Crippen LogP contribution in [-0.2, 0) is 4.74 Å². The number of carbonyl (C=O) groups excluding carboxylic acids is 1. The van der Waals surface area contributed by atoms with Gasteiger partial charge in [0.15, 0.2) is 0 Å². The summed E-state index contributed by atoms with van der Waals surface area (Å²) in [7, 11) is 2.40. The quantitative estimate of drug-likeness (QED) is 0.621. The minimum atomic E-state index is -0.367. The number of benzene rings is 1. The fourth-order valence-corrected chi connectivity index (χ4v) is 2.98. The van der Waals surface area contributed by atoms with Gasteiger partial charge in [0, 0.05) is 25.3 Å². The maximum Gasteiger partial charge on any atom is 0.406 e. The summed E-state index contributed by atoms with van der Waals surface area (Å²) < 4.78 is 4.55.